The summed E-state index contributed by atoms with van der Waals surface area (Å²) in [6.07, 6.45) is 27.2. The van der Waals surface area contributed by atoms with Gasteiger partial charge in [0.1, 0.15) is 0 Å². The predicted octanol–water partition coefficient (Wildman–Crippen LogP) is 17.3. The summed E-state index contributed by atoms with van der Waals surface area (Å²) in [5.74, 6) is 3.72. The van der Waals surface area contributed by atoms with Gasteiger partial charge < -0.3 is 0 Å². The molecule has 0 radical (unpaired) electrons. The second-order valence-electron chi connectivity index (χ2n) is 17.1. The van der Waals surface area contributed by atoms with Gasteiger partial charge in [-0.05, 0) is 108 Å². The molecule has 2 heteroatoms. The van der Waals surface area contributed by atoms with Crippen molar-refractivity contribution >= 4 is 23.2 Å². The van der Waals surface area contributed by atoms with Crippen LogP contribution in [0.15, 0.2) is 231 Å². The molecule has 0 N–H and O–H groups in total. The maximum absolute atomic E-state index is 6.07. The molecule has 0 bridgehead atoms. The van der Waals surface area contributed by atoms with Gasteiger partial charge in [-0.1, -0.05) is 231 Å². The van der Waals surface area contributed by atoms with Crippen molar-refractivity contribution in [3.8, 4) is 0 Å². The zero-order valence-electron chi connectivity index (χ0n) is 36.0. The Hall–Kier alpha value is -5.14. The molecule has 4 aliphatic carbocycles. The molecule has 0 aliphatic heterocycles. The summed E-state index contributed by atoms with van der Waals surface area (Å²) >= 11 is 12.1. The molecule has 0 unspecified atom stereocenters. The Morgan fingerprint density at radius 1 is 0.258 bits per heavy atom. The smallest absolute Gasteiger partial charge is 0.0521 e. The quantitative estimate of drug-likeness (QED) is 0.116. The summed E-state index contributed by atoms with van der Waals surface area (Å²) in [5.41, 5.74) is 8.66. The van der Waals surface area contributed by atoms with E-state index >= 15 is 0 Å². The van der Waals surface area contributed by atoms with Crippen LogP contribution in [0, 0.1) is 0 Å². The zero-order chi connectivity index (χ0) is 42.6. The number of hydrogen-bond donors (Lipinski definition) is 0. The lowest BCUT2D eigenvalue weighted by Crippen LogP contribution is -2.09. The van der Waals surface area contributed by atoms with Gasteiger partial charge in [-0.25, -0.2) is 0 Å². The van der Waals surface area contributed by atoms with Gasteiger partial charge in [0.2, 0.25) is 0 Å². The molecule has 6 aromatic carbocycles. The Morgan fingerprint density at radius 2 is 0.484 bits per heavy atom. The van der Waals surface area contributed by atoms with Gasteiger partial charge >= 0.3 is 0 Å². The molecule has 0 saturated carbocycles. The van der Waals surface area contributed by atoms with Crippen molar-refractivity contribution in [2.75, 3.05) is 0 Å². The van der Waals surface area contributed by atoms with Crippen LogP contribution >= 0.6 is 23.2 Å². The summed E-state index contributed by atoms with van der Waals surface area (Å²) in [7, 11) is 0. The van der Waals surface area contributed by atoms with Crippen molar-refractivity contribution in [1.29, 1.82) is 0 Å². The van der Waals surface area contributed by atoms with Crippen LogP contribution in [-0.4, -0.2) is 10.8 Å². The molecule has 0 aromatic heterocycles. The Morgan fingerprint density at radius 3 is 0.742 bits per heavy atom. The fraction of sp³-hybridized carbons (Fsp3) is 0.267. The second kappa shape index (κ2) is 24.5. The summed E-state index contributed by atoms with van der Waals surface area (Å²) in [6.45, 7) is 0. The van der Waals surface area contributed by atoms with Crippen LogP contribution in [0.3, 0.4) is 0 Å². The molecular formula is C60H62Cl2. The third kappa shape index (κ3) is 13.9. The minimum atomic E-state index is 0.221. The lowest BCUT2D eigenvalue weighted by atomic mass is 9.79. The molecular weight excluding hydrogens is 792 g/mol. The summed E-state index contributed by atoms with van der Waals surface area (Å²) in [4.78, 5) is 0. The zero-order valence-corrected chi connectivity index (χ0v) is 37.5. The number of hydrogen-bond acceptors (Lipinski definition) is 0. The highest BCUT2D eigenvalue weighted by Crippen LogP contribution is 2.39. The van der Waals surface area contributed by atoms with Gasteiger partial charge in [-0.3, -0.25) is 0 Å². The van der Waals surface area contributed by atoms with E-state index in [-0.39, 0.29) is 10.8 Å². The van der Waals surface area contributed by atoms with Crippen LogP contribution in [0.25, 0.3) is 0 Å². The minimum Gasteiger partial charge on any atom is -0.118 e. The van der Waals surface area contributed by atoms with Crippen molar-refractivity contribution in [1.82, 2.24) is 0 Å². The molecule has 0 nitrogen and oxygen atoms in total. The Kier molecular flexibility index (Phi) is 17.7. The van der Waals surface area contributed by atoms with E-state index in [0.717, 1.165) is 25.7 Å². The van der Waals surface area contributed by atoms with Gasteiger partial charge in [0, 0.05) is 11.8 Å². The van der Waals surface area contributed by atoms with Crippen molar-refractivity contribution < 1.29 is 0 Å². The van der Waals surface area contributed by atoms with E-state index in [1.807, 2.05) is 0 Å². The summed E-state index contributed by atoms with van der Waals surface area (Å²) in [6, 6.07) is 64.7. The Labute approximate surface area is 382 Å². The fourth-order valence-electron chi connectivity index (χ4n) is 9.34. The number of allylic oxidation sites excluding steroid dienone is 8. The third-order valence-electron chi connectivity index (χ3n) is 12.7. The van der Waals surface area contributed by atoms with Crippen LogP contribution in [0.5, 0.6) is 0 Å². The fourth-order valence-corrected chi connectivity index (χ4v) is 9.97. The van der Waals surface area contributed by atoms with Crippen LogP contribution in [0.2, 0.25) is 0 Å². The van der Waals surface area contributed by atoms with Crippen molar-refractivity contribution in [3.05, 3.63) is 264 Å². The molecule has 0 fully saturated rings. The van der Waals surface area contributed by atoms with Crippen LogP contribution in [0.4, 0.5) is 0 Å². The van der Waals surface area contributed by atoms with Crippen LogP contribution in [0.1, 0.15) is 120 Å². The molecule has 0 heterocycles. The van der Waals surface area contributed by atoms with Gasteiger partial charge in [0.05, 0.1) is 10.8 Å². The monoisotopic (exact) mass is 852 g/mol. The molecule has 10 rings (SSSR count). The average molecular weight is 854 g/mol. The standard InChI is InChI=1S/2C18H18.2C12H13Cl/c2*1-3-8-15(9-4-1)17-12-7-13-18(14-17)16-10-5-2-6-11-16;2*13-12-8-4-7-11(9-12)10-5-2-1-3-6-10/h2*1-12,17-18H,13-14H2;2*1-6,8,11-12H,7,9H2/t17-,18+;17-,18-;11-,12+;11-,12-/m1101/s1. The highest BCUT2D eigenvalue weighted by molar-refractivity contribution is 6.22. The van der Waals surface area contributed by atoms with E-state index < -0.39 is 0 Å². The van der Waals surface area contributed by atoms with E-state index in [1.54, 1.807) is 0 Å². The number of alkyl halides is 2. The highest BCUT2D eigenvalue weighted by atomic mass is 35.5. The lowest BCUT2D eigenvalue weighted by Gasteiger charge is -2.25. The van der Waals surface area contributed by atoms with Gasteiger partial charge in [0.15, 0.2) is 0 Å². The molecule has 6 aromatic rings. The molecule has 0 amide bonds. The van der Waals surface area contributed by atoms with Gasteiger partial charge in [0.25, 0.3) is 0 Å². The molecule has 62 heavy (non-hydrogen) atoms. The largest absolute Gasteiger partial charge is 0.118 e. The highest BCUT2D eigenvalue weighted by Gasteiger charge is 2.22. The Balaban J connectivity index is 0.000000126. The van der Waals surface area contributed by atoms with Crippen LogP contribution in [-0.2, 0) is 0 Å². The van der Waals surface area contributed by atoms with E-state index in [1.165, 1.54) is 59.1 Å². The molecule has 8 atom stereocenters. The van der Waals surface area contributed by atoms with Gasteiger partial charge in [-0.2, -0.15) is 0 Å². The molecule has 0 saturated heterocycles. The third-order valence-corrected chi connectivity index (χ3v) is 13.4. The van der Waals surface area contributed by atoms with E-state index in [0.29, 0.717) is 35.5 Å². The SMILES string of the molecule is C1=C[C@@H](c2ccccc2)C[C@@H](c2ccccc2)C1.C1=C[C@@H](c2ccccc2)C[C@H](c2ccccc2)C1.Cl[C@@H]1C=CC[C@@H](c2ccccc2)C1.Cl[C@@H]1C=CC[C@H](c2ccccc2)C1. The lowest BCUT2D eigenvalue weighted by molar-refractivity contribution is 0.566. The first-order chi connectivity index (χ1) is 30.6. The first-order valence-electron chi connectivity index (χ1n) is 22.8. The maximum Gasteiger partial charge on any atom is 0.0521 e. The normalized spacial score (nSPS) is 24.8. The van der Waals surface area contributed by atoms with Gasteiger partial charge in [-0.15, -0.1) is 23.2 Å². The van der Waals surface area contributed by atoms with E-state index in [9.17, 15) is 0 Å². The van der Waals surface area contributed by atoms with Crippen molar-refractivity contribution in [2.24, 2.45) is 0 Å². The Bertz CT molecular complexity index is 2080. The minimum absolute atomic E-state index is 0.221. The second-order valence-corrected chi connectivity index (χ2v) is 18.2. The number of halogens is 2. The molecule has 0 spiro atoms. The van der Waals surface area contributed by atoms with Crippen molar-refractivity contribution in [3.63, 3.8) is 0 Å². The average Bonchev–Trinajstić information content (AvgIpc) is 3.36. The molecule has 316 valence electrons. The van der Waals surface area contributed by atoms with Crippen LogP contribution < -0.4 is 0 Å². The topological polar surface area (TPSA) is 0 Å². The molecule has 4 aliphatic rings. The summed E-state index contributed by atoms with van der Waals surface area (Å²) < 4.78 is 0. The summed E-state index contributed by atoms with van der Waals surface area (Å²) in [5, 5.41) is 0.443. The van der Waals surface area contributed by atoms with Crippen molar-refractivity contribution in [2.45, 2.75) is 97.6 Å². The first kappa shape index (κ1) is 44.9. The maximum atomic E-state index is 6.07. The number of benzene rings is 6. The number of rotatable bonds is 6. The van der Waals surface area contributed by atoms with E-state index in [4.69, 9.17) is 23.2 Å². The first-order valence-corrected chi connectivity index (χ1v) is 23.7. The predicted molar refractivity (Wildman–Crippen MR) is 268 cm³/mol. The van der Waals surface area contributed by atoms with E-state index in [2.05, 4.69) is 231 Å².